The monoisotopic (exact) mass is 314 g/mol. The van der Waals surface area contributed by atoms with Crippen molar-refractivity contribution in [3.05, 3.63) is 30.5 Å². The third kappa shape index (κ3) is 2.43. The minimum Gasteiger partial charge on any atom is -0.494 e. The van der Waals surface area contributed by atoms with Crippen molar-refractivity contribution in [1.29, 1.82) is 0 Å². The molecule has 1 aromatic carbocycles. The van der Waals surface area contributed by atoms with Crippen molar-refractivity contribution in [3.8, 4) is 17.1 Å². The fourth-order valence-electron chi connectivity index (χ4n) is 2.76. The molecule has 1 fully saturated rings. The third-order valence-electron chi connectivity index (χ3n) is 3.87. The van der Waals surface area contributed by atoms with Gasteiger partial charge in [-0.05, 0) is 44.0 Å². The highest BCUT2D eigenvalue weighted by molar-refractivity contribution is 7.20. The Balaban J connectivity index is 1.60. The molecule has 0 N–H and O–H groups in total. The molecule has 0 aliphatic carbocycles. The molecule has 114 valence electrons. The van der Waals surface area contributed by atoms with Gasteiger partial charge >= 0.3 is 0 Å². The molecular weight excluding hydrogens is 296 g/mol. The molecule has 22 heavy (non-hydrogen) atoms. The molecule has 0 amide bonds. The van der Waals surface area contributed by atoms with Gasteiger partial charge in [0.1, 0.15) is 10.8 Å². The number of hydrogen-bond acceptors (Lipinski definition) is 5. The Kier molecular flexibility index (Phi) is 3.46. The van der Waals surface area contributed by atoms with Gasteiger partial charge < -0.3 is 9.64 Å². The number of aromatic nitrogens is 3. The average Bonchev–Trinajstić information content (AvgIpc) is 3.23. The Bertz CT molecular complexity index is 740. The SMILES string of the molecule is CCOc1ccc(-c2nc3sc(N4CCCC4)cn3n2)cc1. The Morgan fingerprint density at radius 2 is 1.95 bits per heavy atom. The summed E-state index contributed by atoms with van der Waals surface area (Å²) in [7, 11) is 0. The first-order valence-corrected chi connectivity index (χ1v) is 8.49. The molecule has 0 saturated carbocycles. The zero-order chi connectivity index (χ0) is 14.9. The molecule has 4 rings (SSSR count). The molecule has 0 spiro atoms. The molecule has 1 aliphatic heterocycles. The van der Waals surface area contributed by atoms with Crippen molar-refractivity contribution in [3.63, 3.8) is 0 Å². The smallest absolute Gasteiger partial charge is 0.214 e. The van der Waals surface area contributed by atoms with Crippen LogP contribution in [-0.2, 0) is 0 Å². The second-order valence-corrected chi connectivity index (χ2v) is 6.37. The number of benzene rings is 1. The summed E-state index contributed by atoms with van der Waals surface area (Å²) in [4.78, 5) is 8.02. The second-order valence-electron chi connectivity index (χ2n) is 5.38. The van der Waals surface area contributed by atoms with Crippen molar-refractivity contribution < 1.29 is 4.74 Å². The van der Waals surface area contributed by atoms with E-state index in [1.807, 2.05) is 35.7 Å². The van der Waals surface area contributed by atoms with E-state index in [4.69, 9.17) is 4.74 Å². The molecule has 3 heterocycles. The first kappa shape index (κ1) is 13.6. The summed E-state index contributed by atoms with van der Waals surface area (Å²) < 4.78 is 7.36. The molecule has 0 atom stereocenters. The lowest BCUT2D eigenvalue weighted by Crippen LogP contribution is -2.15. The molecule has 3 aromatic rings. The van der Waals surface area contributed by atoms with Gasteiger partial charge in [0.15, 0.2) is 5.82 Å². The molecule has 0 unspecified atom stereocenters. The van der Waals surface area contributed by atoms with E-state index >= 15 is 0 Å². The van der Waals surface area contributed by atoms with Crippen LogP contribution < -0.4 is 9.64 Å². The van der Waals surface area contributed by atoms with Gasteiger partial charge in [-0.3, -0.25) is 0 Å². The maximum atomic E-state index is 5.46. The summed E-state index contributed by atoms with van der Waals surface area (Å²) in [5, 5.41) is 5.87. The molecular formula is C16H18N4OS. The van der Waals surface area contributed by atoms with Crippen molar-refractivity contribution in [2.24, 2.45) is 0 Å². The Hall–Kier alpha value is -2.08. The fourth-order valence-corrected chi connectivity index (χ4v) is 3.73. The zero-order valence-electron chi connectivity index (χ0n) is 12.5. The molecule has 0 bridgehead atoms. The maximum Gasteiger partial charge on any atom is 0.214 e. The van der Waals surface area contributed by atoms with Crippen LogP contribution in [0.3, 0.4) is 0 Å². The number of nitrogens with zero attached hydrogens (tertiary/aromatic N) is 4. The lowest BCUT2D eigenvalue weighted by Gasteiger charge is -2.12. The predicted molar refractivity (Wildman–Crippen MR) is 88.9 cm³/mol. The van der Waals surface area contributed by atoms with Crippen LogP contribution in [0.1, 0.15) is 19.8 Å². The number of thiazole rings is 1. The van der Waals surface area contributed by atoms with E-state index < -0.39 is 0 Å². The topological polar surface area (TPSA) is 42.7 Å². The van der Waals surface area contributed by atoms with Crippen LogP contribution in [0.5, 0.6) is 5.75 Å². The first-order chi connectivity index (χ1) is 10.8. The van der Waals surface area contributed by atoms with Crippen LogP contribution in [0.25, 0.3) is 16.3 Å². The summed E-state index contributed by atoms with van der Waals surface area (Å²) in [5.74, 6) is 1.64. The lowest BCUT2D eigenvalue weighted by atomic mass is 10.2. The second kappa shape index (κ2) is 5.61. The van der Waals surface area contributed by atoms with Crippen molar-refractivity contribution in [2.45, 2.75) is 19.8 Å². The van der Waals surface area contributed by atoms with E-state index in [9.17, 15) is 0 Å². The molecule has 0 radical (unpaired) electrons. The quantitative estimate of drug-likeness (QED) is 0.739. The highest BCUT2D eigenvalue weighted by Gasteiger charge is 2.17. The summed E-state index contributed by atoms with van der Waals surface area (Å²) >= 11 is 1.71. The number of hydrogen-bond donors (Lipinski definition) is 0. The zero-order valence-corrected chi connectivity index (χ0v) is 13.3. The minimum atomic E-state index is 0.678. The van der Waals surface area contributed by atoms with E-state index in [2.05, 4.69) is 21.2 Å². The Morgan fingerprint density at radius 1 is 1.18 bits per heavy atom. The number of anilines is 1. The van der Waals surface area contributed by atoms with Crippen LogP contribution in [0.2, 0.25) is 0 Å². The molecule has 5 nitrogen and oxygen atoms in total. The lowest BCUT2D eigenvalue weighted by molar-refractivity contribution is 0.340. The third-order valence-corrected chi connectivity index (χ3v) is 4.90. The van der Waals surface area contributed by atoms with E-state index in [1.54, 1.807) is 11.3 Å². The average molecular weight is 314 g/mol. The maximum absolute atomic E-state index is 5.46. The first-order valence-electron chi connectivity index (χ1n) is 7.68. The van der Waals surface area contributed by atoms with Crippen LogP contribution >= 0.6 is 11.3 Å². The number of rotatable bonds is 4. The Morgan fingerprint density at radius 3 is 2.64 bits per heavy atom. The highest BCUT2D eigenvalue weighted by atomic mass is 32.1. The fraction of sp³-hybridized carbons (Fsp3) is 0.375. The van der Waals surface area contributed by atoms with Gasteiger partial charge in [-0.25, -0.2) is 4.52 Å². The van der Waals surface area contributed by atoms with Gasteiger partial charge in [-0.1, -0.05) is 11.3 Å². The van der Waals surface area contributed by atoms with Crippen LogP contribution in [-0.4, -0.2) is 34.3 Å². The van der Waals surface area contributed by atoms with Crippen molar-refractivity contribution >= 4 is 21.3 Å². The van der Waals surface area contributed by atoms with E-state index in [-0.39, 0.29) is 0 Å². The molecule has 2 aromatic heterocycles. The summed E-state index contributed by atoms with van der Waals surface area (Å²) in [6.07, 6.45) is 4.66. The summed E-state index contributed by atoms with van der Waals surface area (Å²) in [6.45, 7) is 4.96. The highest BCUT2D eigenvalue weighted by Crippen LogP contribution is 2.30. The molecule has 6 heteroatoms. The number of ether oxygens (including phenoxy) is 1. The van der Waals surface area contributed by atoms with Crippen molar-refractivity contribution in [2.75, 3.05) is 24.6 Å². The standard InChI is InChI=1S/C16H18N4OS/c1-2-21-13-7-5-12(6-8-13)15-17-16-20(18-15)11-14(22-16)19-9-3-4-10-19/h5-8,11H,2-4,9-10H2,1H3. The van der Waals surface area contributed by atoms with Gasteiger partial charge in [0.2, 0.25) is 4.96 Å². The van der Waals surface area contributed by atoms with Gasteiger partial charge in [0.25, 0.3) is 0 Å². The van der Waals surface area contributed by atoms with Gasteiger partial charge in [0.05, 0.1) is 12.8 Å². The predicted octanol–water partition coefficient (Wildman–Crippen LogP) is 3.46. The largest absolute Gasteiger partial charge is 0.494 e. The van der Waals surface area contributed by atoms with Crippen LogP contribution in [0, 0.1) is 0 Å². The van der Waals surface area contributed by atoms with Crippen molar-refractivity contribution in [1.82, 2.24) is 14.6 Å². The van der Waals surface area contributed by atoms with Crippen LogP contribution in [0.4, 0.5) is 5.00 Å². The number of fused-ring (bicyclic) bond motifs is 1. The van der Waals surface area contributed by atoms with E-state index in [0.29, 0.717) is 6.61 Å². The summed E-state index contributed by atoms with van der Waals surface area (Å²) in [5.41, 5.74) is 1.02. The molecule has 1 saturated heterocycles. The van der Waals surface area contributed by atoms with Gasteiger partial charge in [-0.2, -0.15) is 4.98 Å². The normalized spacial score (nSPS) is 14.9. The van der Waals surface area contributed by atoms with Gasteiger partial charge in [-0.15, -0.1) is 5.10 Å². The van der Waals surface area contributed by atoms with Gasteiger partial charge in [0, 0.05) is 18.7 Å². The summed E-state index contributed by atoms with van der Waals surface area (Å²) in [6, 6.07) is 7.94. The molecule has 1 aliphatic rings. The Labute approximate surface area is 133 Å². The van der Waals surface area contributed by atoms with Crippen LogP contribution in [0.15, 0.2) is 30.5 Å². The van der Waals surface area contributed by atoms with E-state index in [1.165, 1.54) is 17.8 Å². The minimum absolute atomic E-state index is 0.678. The van der Waals surface area contributed by atoms with E-state index in [0.717, 1.165) is 35.2 Å².